The second-order valence-electron chi connectivity index (χ2n) is 4.49. The van der Waals surface area contributed by atoms with Crippen LogP contribution in [-0.4, -0.2) is 16.8 Å². The van der Waals surface area contributed by atoms with Crippen LogP contribution in [0, 0.1) is 11.6 Å². The topological polar surface area (TPSA) is 29.9 Å². The van der Waals surface area contributed by atoms with E-state index in [1.807, 2.05) is 6.92 Å². The van der Waals surface area contributed by atoms with Crippen molar-refractivity contribution >= 4 is 11.6 Å². The quantitative estimate of drug-likeness (QED) is 0.918. The summed E-state index contributed by atoms with van der Waals surface area (Å²) in [4.78, 5) is 0. The molecule has 1 heterocycles. The molecule has 1 aromatic carbocycles. The molecule has 1 aromatic heterocycles. The monoisotopic (exact) mass is 299 g/mol. The predicted molar refractivity (Wildman–Crippen MR) is 74.8 cm³/mol. The highest BCUT2D eigenvalue weighted by molar-refractivity contribution is 6.31. The largest absolute Gasteiger partial charge is 0.311 e. The SMILES string of the molecule is CCn1ncc(Cl)c1C(Cc1ccc(F)c(F)c1)NC. The van der Waals surface area contributed by atoms with E-state index >= 15 is 0 Å². The summed E-state index contributed by atoms with van der Waals surface area (Å²) < 4.78 is 28.0. The van der Waals surface area contributed by atoms with E-state index in [1.54, 1.807) is 24.0 Å². The number of nitrogens with zero attached hydrogens (tertiary/aromatic N) is 2. The van der Waals surface area contributed by atoms with Gasteiger partial charge in [-0.3, -0.25) is 4.68 Å². The molecule has 1 N–H and O–H groups in total. The Labute approximate surface area is 121 Å². The van der Waals surface area contributed by atoms with Gasteiger partial charge in [0.25, 0.3) is 0 Å². The van der Waals surface area contributed by atoms with E-state index in [0.717, 1.165) is 11.8 Å². The zero-order valence-electron chi connectivity index (χ0n) is 11.3. The Morgan fingerprint density at radius 1 is 1.35 bits per heavy atom. The van der Waals surface area contributed by atoms with Crippen molar-refractivity contribution in [3.63, 3.8) is 0 Å². The van der Waals surface area contributed by atoms with Crippen molar-refractivity contribution in [2.75, 3.05) is 7.05 Å². The lowest BCUT2D eigenvalue weighted by atomic mass is 10.0. The first-order valence-corrected chi connectivity index (χ1v) is 6.77. The van der Waals surface area contributed by atoms with E-state index in [9.17, 15) is 8.78 Å². The first kappa shape index (κ1) is 14.9. The van der Waals surface area contributed by atoms with E-state index in [0.29, 0.717) is 23.6 Å². The average molecular weight is 300 g/mol. The van der Waals surface area contributed by atoms with Gasteiger partial charge in [-0.2, -0.15) is 5.10 Å². The molecule has 1 atom stereocenters. The molecule has 0 bridgehead atoms. The van der Waals surface area contributed by atoms with Gasteiger partial charge in [0, 0.05) is 6.54 Å². The highest BCUT2D eigenvalue weighted by Gasteiger charge is 2.19. The molecule has 2 rings (SSSR count). The second kappa shape index (κ2) is 6.33. The van der Waals surface area contributed by atoms with Crippen molar-refractivity contribution in [2.45, 2.75) is 25.9 Å². The average Bonchev–Trinajstić information content (AvgIpc) is 2.81. The third-order valence-electron chi connectivity index (χ3n) is 3.24. The van der Waals surface area contributed by atoms with Crippen LogP contribution in [0.4, 0.5) is 8.78 Å². The first-order chi connectivity index (χ1) is 9.56. The maximum absolute atomic E-state index is 13.3. The van der Waals surface area contributed by atoms with Crippen molar-refractivity contribution in [3.8, 4) is 0 Å². The number of likely N-dealkylation sites (N-methyl/N-ethyl adjacent to an activating group) is 1. The molecule has 0 aliphatic carbocycles. The molecule has 0 aliphatic rings. The van der Waals surface area contributed by atoms with E-state index < -0.39 is 11.6 Å². The molecule has 0 radical (unpaired) electrons. The van der Waals surface area contributed by atoms with Gasteiger partial charge >= 0.3 is 0 Å². The van der Waals surface area contributed by atoms with Gasteiger partial charge in [-0.05, 0) is 38.1 Å². The third kappa shape index (κ3) is 2.99. The minimum absolute atomic E-state index is 0.116. The van der Waals surface area contributed by atoms with Crippen LogP contribution in [0.5, 0.6) is 0 Å². The lowest BCUT2D eigenvalue weighted by molar-refractivity contribution is 0.497. The van der Waals surface area contributed by atoms with Crippen LogP contribution in [0.2, 0.25) is 5.02 Å². The highest BCUT2D eigenvalue weighted by atomic mass is 35.5. The lowest BCUT2D eigenvalue weighted by Crippen LogP contribution is -2.22. The van der Waals surface area contributed by atoms with Crippen molar-refractivity contribution in [2.24, 2.45) is 0 Å². The van der Waals surface area contributed by atoms with Crippen LogP contribution in [0.15, 0.2) is 24.4 Å². The number of aromatic nitrogens is 2. The molecule has 6 heteroatoms. The van der Waals surface area contributed by atoms with Crippen LogP contribution in [0.1, 0.15) is 24.2 Å². The van der Waals surface area contributed by atoms with Gasteiger partial charge in [0.15, 0.2) is 11.6 Å². The van der Waals surface area contributed by atoms with Gasteiger partial charge in [0.1, 0.15) is 0 Å². The second-order valence-corrected chi connectivity index (χ2v) is 4.89. The molecule has 20 heavy (non-hydrogen) atoms. The van der Waals surface area contributed by atoms with Gasteiger partial charge in [-0.25, -0.2) is 8.78 Å². The number of benzene rings is 1. The molecule has 2 aromatic rings. The number of rotatable bonds is 5. The molecule has 0 spiro atoms. The Bertz CT molecular complexity index is 598. The first-order valence-electron chi connectivity index (χ1n) is 6.39. The smallest absolute Gasteiger partial charge is 0.159 e. The molecular weight excluding hydrogens is 284 g/mol. The molecule has 3 nitrogen and oxygen atoms in total. The van der Waals surface area contributed by atoms with Gasteiger partial charge in [0.2, 0.25) is 0 Å². The Hall–Kier alpha value is -1.46. The van der Waals surface area contributed by atoms with Crippen LogP contribution in [0.3, 0.4) is 0 Å². The summed E-state index contributed by atoms with van der Waals surface area (Å²) in [5, 5.41) is 7.89. The molecule has 108 valence electrons. The molecule has 0 amide bonds. The van der Waals surface area contributed by atoms with E-state index in [1.165, 1.54) is 6.07 Å². The summed E-state index contributed by atoms with van der Waals surface area (Å²) in [6.07, 6.45) is 2.09. The van der Waals surface area contributed by atoms with Crippen LogP contribution in [0.25, 0.3) is 0 Å². The number of halogens is 3. The van der Waals surface area contributed by atoms with E-state index in [2.05, 4.69) is 10.4 Å². The molecule has 0 aliphatic heterocycles. The number of hydrogen-bond acceptors (Lipinski definition) is 2. The molecule has 0 saturated heterocycles. The van der Waals surface area contributed by atoms with Gasteiger partial charge in [-0.15, -0.1) is 0 Å². The summed E-state index contributed by atoms with van der Waals surface area (Å²) in [5.74, 6) is -1.68. The Kier molecular flexibility index (Phi) is 4.73. The van der Waals surface area contributed by atoms with Crippen LogP contribution < -0.4 is 5.32 Å². The minimum Gasteiger partial charge on any atom is -0.311 e. The van der Waals surface area contributed by atoms with Gasteiger partial charge in [-0.1, -0.05) is 17.7 Å². The maximum Gasteiger partial charge on any atom is 0.159 e. The predicted octanol–water partition coefficient (Wildman–Crippen LogP) is 3.34. The highest BCUT2D eigenvalue weighted by Crippen LogP contribution is 2.26. The number of nitrogens with one attached hydrogen (secondary N) is 1. The Morgan fingerprint density at radius 2 is 2.10 bits per heavy atom. The molecule has 0 fully saturated rings. The Balaban J connectivity index is 2.28. The van der Waals surface area contributed by atoms with Crippen molar-refractivity contribution in [1.29, 1.82) is 0 Å². The summed E-state index contributed by atoms with van der Waals surface area (Å²) in [6.45, 7) is 2.66. The standard InChI is InChI=1S/C14H16ClF2N3/c1-3-20-14(10(15)8-19-20)13(18-2)7-9-4-5-11(16)12(17)6-9/h4-6,8,13,18H,3,7H2,1-2H3. The van der Waals surface area contributed by atoms with E-state index in [4.69, 9.17) is 11.6 Å². The fraction of sp³-hybridized carbons (Fsp3) is 0.357. The molecular formula is C14H16ClF2N3. The fourth-order valence-corrected chi connectivity index (χ4v) is 2.48. The zero-order chi connectivity index (χ0) is 14.7. The van der Waals surface area contributed by atoms with Crippen molar-refractivity contribution < 1.29 is 8.78 Å². The normalized spacial score (nSPS) is 12.7. The summed E-state index contributed by atoms with van der Waals surface area (Å²) in [5.41, 5.74) is 1.55. The fourth-order valence-electron chi connectivity index (χ4n) is 2.21. The molecule has 0 saturated carbocycles. The Morgan fingerprint density at radius 3 is 2.70 bits per heavy atom. The summed E-state index contributed by atoms with van der Waals surface area (Å²) in [7, 11) is 1.80. The van der Waals surface area contributed by atoms with E-state index in [-0.39, 0.29) is 6.04 Å². The van der Waals surface area contributed by atoms with Gasteiger partial charge in [0.05, 0.1) is 23.0 Å². The van der Waals surface area contributed by atoms with Gasteiger partial charge < -0.3 is 5.32 Å². The summed E-state index contributed by atoms with van der Waals surface area (Å²) in [6, 6.07) is 3.80. The van der Waals surface area contributed by atoms with Crippen molar-refractivity contribution in [1.82, 2.24) is 15.1 Å². The van der Waals surface area contributed by atoms with Crippen LogP contribution >= 0.6 is 11.6 Å². The number of aryl methyl sites for hydroxylation is 1. The lowest BCUT2D eigenvalue weighted by Gasteiger charge is -2.18. The zero-order valence-corrected chi connectivity index (χ0v) is 12.1. The van der Waals surface area contributed by atoms with Crippen LogP contribution in [-0.2, 0) is 13.0 Å². The minimum atomic E-state index is -0.841. The maximum atomic E-state index is 13.3. The molecule has 1 unspecified atom stereocenters. The van der Waals surface area contributed by atoms with Crippen molar-refractivity contribution in [3.05, 3.63) is 52.3 Å². The summed E-state index contributed by atoms with van der Waals surface area (Å²) >= 11 is 6.16. The number of hydrogen-bond donors (Lipinski definition) is 1. The third-order valence-corrected chi connectivity index (χ3v) is 3.53.